The number of hydrogen-bond acceptors (Lipinski definition) is 3. The van der Waals surface area contributed by atoms with Crippen LogP contribution in [0.25, 0.3) is 0 Å². The van der Waals surface area contributed by atoms with E-state index in [2.05, 4.69) is 12.2 Å². The lowest BCUT2D eigenvalue weighted by atomic mass is 9.79. The average Bonchev–Trinajstić information content (AvgIpc) is 2.98. The summed E-state index contributed by atoms with van der Waals surface area (Å²) in [5.41, 5.74) is 1.13. The second-order valence-electron chi connectivity index (χ2n) is 5.04. The Balaban J connectivity index is 1.92. The summed E-state index contributed by atoms with van der Waals surface area (Å²) in [5.74, 6) is 0.985. The van der Waals surface area contributed by atoms with E-state index in [9.17, 15) is 14.9 Å². The first-order valence-electron chi connectivity index (χ1n) is 6.08. The minimum atomic E-state index is -0.401. The zero-order valence-corrected chi connectivity index (χ0v) is 9.73. The third-order valence-corrected chi connectivity index (χ3v) is 4.17. The van der Waals surface area contributed by atoms with Crippen LogP contribution in [-0.2, 0) is 4.79 Å². The molecule has 1 aromatic carbocycles. The standard InChI is InChI=1S/C14H13NO3/c16-8-13-10-1-2-11(7-10)14(13)9-3-5-12(6-4-9)15(17)18/h1-6,8,10-11,13-14H,7H2/t10-,11+,13-,14-/m1/s1. The molecule has 92 valence electrons. The summed E-state index contributed by atoms with van der Waals surface area (Å²) < 4.78 is 0. The van der Waals surface area contributed by atoms with E-state index in [1.165, 1.54) is 12.1 Å². The molecule has 2 bridgehead atoms. The normalized spacial score (nSPS) is 32.7. The van der Waals surface area contributed by atoms with E-state index in [4.69, 9.17) is 0 Å². The van der Waals surface area contributed by atoms with Crippen molar-refractivity contribution in [3.8, 4) is 0 Å². The van der Waals surface area contributed by atoms with Crippen LogP contribution in [0.3, 0.4) is 0 Å². The van der Waals surface area contributed by atoms with Gasteiger partial charge in [0.1, 0.15) is 6.29 Å². The molecule has 0 spiro atoms. The van der Waals surface area contributed by atoms with Crippen LogP contribution in [0.15, 0.2) is 36.4 Å². The molecule has 4 nitrogen and oxygen atoms in total. The van der Waals surface area contributed by atoms with Crippen molar-refractivity contribution in [3.05, 3.63) is 52.1 Å². The second kappa shape index (κ2) is 4.05. The molecule has 1 fully saturated rings. The maximum absolute atomic E-state index is 11.2. The molecule has 18 heavy (non-hydrogen) atoms. The lowest BCUT2D eigenvalue weighted by Gasteiger charge is -2.24. The quantitative estimate of drug-likeness (QED) is 0.355. The largest absolute Gasteiger partial charge is 0.303 e. The lowest BCUT2D eigenvalue weighted by molar-refractivity contribution is -0.384. The SMILES string of the molecule is O=C[C@H]1[C@H](c2ccc([N+](=O)[O-])cc2)[C@H]2C=C[C@@H]1C2. The molecule has 0 heterocycles. The van der Waals surface area contributed by atoms with Crippen LogP contribution in [0.5, 0.6) is 0 Å². The fraction of sp³-hybridized carbons (Fsp3) is 0.357. The molecule has 0 amide bonds. The molecule has 4 atom stereocenters. The predicted molar refractivity (Wildman–Crippen MR) is 66.1 cm³/mol. The van der Waals surface area contributed by atoms with Gasteiger partial charge in [0.2, 0.25) is 0 Å². The number of aldehydes is 1. The molecule has 2 aliphatic rings. The van der Waals surface area contributed by atoms with Gasteiger partial charge in [0.05, 0.1) is 4.92 Å². The highest BCUT2D eigenvalue weighted by Crippen LogP contribution is 2.52. The highest BCUT2D eigenvalue weighted by molar-refractivity contribution is 5.60. The van der Waals surface area contributed by atoms with Crippen molar-refractivity contribution in [2.45, 2.75) is 12.3 Å². The summed E-state index contributed by atoms with van der Waals surface area (Å²) in [5, 5.41) is 10.6. The average molecular weight is 243 g/mol. The molecule has 4 heteroatoms. The number of carbonyl (C=O) groups is 1. The van der Waals surface area contributed by atoms with Gasteiger partial charge in [-0.25, -0.2) is 0 Å². The molecule has 0 saturated heterocycles. The van der Waals surface area contributed by atoms with Crippen LogP contribution in [-0.4, -0.2) is 11.2 Å². The molecular formula is C14H13NO3. The van der Waals surface area contributed by atoms with Gasteiger partial charge >= 0.3 is 0 Å². The van der Waals surface area contributed by atoms with Gasteiger partial charge in [0.15, 0.2) is 0 Å². The van der Waals surface area contributed by atoms with Crippen LogP contribution >= 0.6 is 0 Å². The number of non-ortho nitro benzene ring substituents is 1. The monoisotopic (exact) mass is 243 g/mol. The van der Waals surface area contributed by atoms with Crippen molar-refractivity contribution in [2.24, 2.45) is 17.8 Å². The maximum Gasteiger partial charge on any atom is 0.269 e. The number of allylic oxidation sites excluding steroid dienone is 2. The summed E-state index contributed by atoms with van der Waals surface area (Å²) in [7, 11) is 0. The first-order valence-corrected chi connectivity index (χ1v) is 6.08. The third-order valence-electron chi connectivity index (χ3n) is 4.17. The van der Waals surface area contributed by atoms with Gasteiger partial charge in [-0.3, -0.25) is 10.1 Å². The molecule has 0 N–H and O–H groups in total. The molecule has 2 aliphatic carbocycles. The van der Waals surface area contributed by atoms with Crippen molar-refractivity contribution in [3.63, 3.8) is 0 Å². The Bertz CT molecular complexity index is 520. The van der Waals surface area contributed by atoms with E-state index in [1.54, 1.807) is 12.1 Å². The molecule has 0 aromatic heterocycles. The molecule has 1 saturated carbocycles. The molecule has 0 aliphatic heterocycles. The van der Waals surface area contributed by atoms with E-state index in [1.807, 2.05) is 0 Å². The predicted octanol–water partition coefficient (Wildman–Crippen LogP) is 2.70. The first-order chi connectivity index (χ1) is 8.70. The molecule has 0 unspecified atom stereocenters. The number of fused-ring (bicyclic) bond motifs is 2. The van der Waals surface area contributed by atoms with E-state index in [-0.39, 0.29) is 17.5 Å². The van der Waals surface area contributed by atoms with Crippen LogP contribution in [0.1, 0.15) is 17.9 Å². The minimum absolute atomic E-state index is 0.0291. The Morgan fingerprint density at radius 3 is 2.44 bits per heavy atom. The molecule has 0 radical (unpaired) electrons. The van der Waals surface area contributed by atoms with Gasteiger partial charge in [0, 0.05) is 24.0 Å². The van der Waals surface area contributed by atoms with Crippen LogP contribution < -0.4 is 0 Å². The van der Waals surface area contributed by atoms with Crippen molar-refractivity contribution in [1.29, 1.82) is 0 Å². The van der Waals surface area contributed by atoms with E-state index >= 15 is 0 Å². The number of nitrogens with zero attached hydrogens (tertiary/aromatic N) is 1. The van der Waals surface area contributed by atoms with Crippen LogP contribution in [0.4, 0.5) is 5.69 Å². The summed E-state index contributed by atoms with van der Waals surface area (Å²) >= 11 is 0. The van der Waals surface area contributed by atoms with Gasteiger partial charge in [-0.2, -0.15) is 0 Å². The number of nitro groups is 1. The zero-order valence-electron chi connectivity index (χ0n) is 9.73. The highest BCUT2D eigenvalue weighted by atomic mass is 16.6. The lowest BCUT2D eigenvalue weighted by Crippen LogP contribution is -2.18. The molecular weight excluding hydrogens is 230 g/mol. The molecule has 3 rings (SSSR count). The smallest absolute Gasteiger partial charge is 0.269 e. The van der Waals surface area contributed by atoms with Gasteiger partial charge in [0.25, 0.3) is 5.69 Å². The Morgan fingerprint density at radius 1 is 1.17 bits per heavy atom. The fourth-order valence-corrected chi connectivity index (χ4v) is 3.33. The van der Waals surface area contributed by atoms with E-state index < -0.39 is 4.92 Å². The minimum Gasteiger partial charge on any atom is -0.303 e. The maximum atomic E-state index is 11.2. The fourth-order valence-electron chi connectivity index (χ4n) is 3.33. The van der Waals surface area contributed by atoms with Crippen molar-refractivity contribution in [2.75, 3.05) is 0 Å². The van der Waals surface area contributed by atoms with Gasteiger partial charge < -0.3 is 4.79 Å². The zero-order chi connectivity index (χ0) is 12.7. The number of nitro benzene ring substituents is 1. The Morgan fingerprint density at radius 2 is 1.83 bits per heavy atom. The summed E-state index contributed by atoms with van der Waals surface area (Å²) in [6.45, 7) is 0. The number of carbonyl (C=O) groups excluding carboxylic acids is 1. The van der Waals surface area contributed by atoms with Crippen LogP contribution in [0, 0.1) is 27.9 Å². The van der Waals surface area contributed by atoms with Crippen molar-refractivity contribution in [1.82, 2.24) is 0 Å². The van der Waals surface area contributed by atoms with Gasteiger partial charge in [-0.05, 0) is 23.8 Å². The Kier molecular flexibility index (Phi) is 2.51. The van der Waals surface area contributed by atoms with E-state index in [0.717, 1.165) is 18.3 Å². The molecule has 1 aromatic rings. The number of hydrogen-bond donors (Lipinski definition) is 0. The van der Waals surface area contributed by atoms with Crippen molar-refractivity contribution >= 4 is 12.0 Å². The second-order valence-corrected chi connectivity index (χ2v) is 5.04. The summed E-state index contributed by atoms with van der Waals surface area (Å²) in [6.07, 6.45) is 6.38. The van der Waals surface area contributed by atoms with Crippen LogP contribution in [0.2, 0.25) is 0 Å². The third kappa shape index (κ3) is 1.56. The summed E-state index contributed by atoms with van der Waals surface area (Å²) in [6, 6.07) is 6.61. The number of benzene rings is 1. The number of rotatable bonds is 3. The highest BCUT2D eigenvalue weighted by Gasteiger charge is 2.44. The topological polar surface area (TPSA) is 60.2 Å². The Hall–Kier alpha value is -1.97. The summed E-state index contributed by atoms with van der Waals surface area (Å²) in [4.78, 5) is 21.4. The Labute approximate surface area is 104 Å². The first kappa shape index (κ1) is 11.1. The van der Waals surface area contributed by atoms with E-state index in [0.29, 0.717) is 11.8 Å². The van der Waals surface area contributed by atoms with Gasteiger partial charge in [-0.1, -0.05) is 24.3 Å². The van der Waals surface area contributed by atoms with Gasteiger partial charge in [-0.15, -0.1) is 0 Å². The van der Waals surface area contributed by atoms with Crippen molar-refractivity contribution < 1.29 is 9.72 Å².